The van der Waals surface area contributed by atoms with Crippen LogP contribution in [0.4, 0.5) is 0 Å². The van der Waals surface area contributed by atoms with Crippen LogP contribution < -0.4 is 0 Å². The SMILES string of the molecule is CC1CCC(N2C[C@@H](C(=O)N3CCc4c(nnn4C)C3)CC2=O)CC1. The smallest absolute Gasteiger partial charge is 0.228 e. The number of fused-ring (bicyclic) bond motifs is 1. The molecular weight excluding hydrogens is 318 g/mol. The van der Waals surface area contributed by atoms with Crippen LogP contribution in [0.3, 0.4) is 0 Å². The normalized spacial score (nSPS) is 29.8. The van der Waals surface area contributed by atoms with Gasteiger partial charge in [0.2, 0.25) is 11.8 Å². The summed E-state index contributed by atoms with van der Waals surface area (Å²) in [7, 11) is 1.89. The maximum atomic E-state index is 12.9. The van der Waals surface area contributed by atoms with Gasteiger partial charge in [0.25, 0.3) is 0 Å². The fraction of sp³-hybridized carbons (Fsp3) is 0.778. The number of carbonyl (C=O) groups excluding carboxylic acids is 2. The van der Waals surface area contributed by atoms with Crippen molar-refractivity contribution < 1.29 is 9.59 Å². The van der Waals surface area contributed by atoms with Gasteiger partial charge < -0.3 is 9.80 Å². The second kappa shape index (κ2) is 6.42. The summed E-state index contributed by atoms with van der Waals surface area (Å²) in [6.45, 7) is 4.10. The van der Waals surface area contributed by atoms with Gasteiger partial charge in [-0.2, -0.15) is 0 Å². The minimum absolute atomic E-state index is 0.108. The molecule has 1 saturated carbocycles. The lowest BCUT2D eigenvalue weighted by atomic mass is 9.86. The van der Waals surface area contributed by atoms with Crippen molar-refractivity contribution in [2.75, 3.05) is 13.1 Å². The van der Waals surface area contributed by atoms with Gasteiger partial charge in [-0.25, -0.2) is 0 Å². The Hall–Kier alpha value is -1.92. The summed E-state index contributed by atoms with van der Waals surface area (Å²) in [6.07, 6.45) is 5.70. The average Bonchev–Trinajstić information content (AvgIpc) is 3.18. The van der Waals surface area contributed by atoms with Crippen LogP contribution in [-0.4, -0.2) is 55.7 Å². The summed E-state index contributed by atoms with van der Waals surface area (Å²) in [6, 6.07) is 0.342. The van der Waals surface area contributed by atoms with Gasteiger partial charge in [0, 0.05) is 39.0 Å². The summed E-state index contributed by atoms with van der Waals surface area (Å²) >= 11 is 0. The number of aromatic nitrogens is 3. The van der Waals surface area contributed by atoms with Gasteiger partial charge in [-0.05, 0) is 31.6 Å². The average molecular weight is 345 g/mol. The lowest BCUT2D eigenvalue weighted by molar-refractivity contribution is -0.136. The van der Waals surface area contributed by atoms with Gasteiger partial charge in [-0.3, -0.25) is 14.3 Å². The van der Waals surface area contributed by atoms with Gasteiger partial charge in [0.05, 0.1) is 18.2 Å². The van der Waals surface area contributed by atoms with E-state index in [0.29, 0.717) is 32.1 Å². The van der Waals surface area contributed by atoms with Crippen LogP contribution in [0.5, 0.6) is 0 Å². The molecule has 1 aromatic rings. The van der Waals surface area contributed by atoms with E-state index >= 15 is 0 Å². The molecule has 7 nitrogen and oxygen atoms in total. The van der Waals surface area contributed by atoms with Crippen LogP contribution in [0.1, 0.15) is 50.4 Å². The molecule has 1 saturated heterocycles. The topological polar surface area (TPSA) is 71.3 Å². The van der Waals surface area contributed by atoms with Crippen molar-refractivity contribution in [2.24, 2.45) is 18.9 Å². The first kappa shape index (κ1) is 16.5. The van der Waals surface area contributed by atoms with E-state index in [9.17, 15) is 9.59 Å². The van der Waals surface area contributed by atoms with E-state index in [1.165, 1.54) is 12.8 Å². The van der Waals surface area contributed by atoms with E-state index in [2.05, 4.69) is 17.2 Å². The Balaban J connectivity index is 1.39. The Morgan fingerprint density at radius 3 is 2.72 bits per heavy atom. The van der Waals surface area contributed by atoms with E-state index < -0.39 is 0 Å². The zero-order valence-electron chi connectivity index (χ0n) is 15.1. The van der Waals surface area contributed by atoms with Crippen LogP contribution in [0.25, 0.3) is 0 Å². The number of rotatable bonds is 2. The van der Waals surface area contributed by atoms with Crippen molar-refractivity contribution in [3.8, 4) is 0 Å². The molecule has 0 spiro atoms. The van der Waals surface area contributed by atoms with Gasteiger partial charge in [0.15, 0.2) is 0 Å². The highest BCUT2D eigenvalue weighted by Crippen LogP contribution is 2.32. The second-order valence-corrected chi connectivity index (χ2v) is 7.98. The van der Waals surface area contributed by atoms with Gasteiger partial charge in [0.1, 0.15) is 5.69 Å². The van der Waals surface area contributed by atoms with Crippen molar-refractivity contribution in [3.05, 3.63) is 11.4 Å². The molecule has 7 heteroatoms. The molecule has 136 valence electrons. The number of amides is 2. The van der Waals surface area contributed by atoms with Gasteiger partial charge >= 0.3 is 0 Å². The molecule has 3 heterocycles. The molecule has 2 amide bonds. The monoisotopic (exact) mass is 345 g/mol. The van der Waals surface area contributed by atoms with E-state index in [-0.39, 0.29) is 17.7 Å². The van der Waals surface area contributed by atoms with Crippen molar-refractivity contribution in [3.63, 3.8) is 0 Å². The van der Waals surface area contributed by atoms with Crippen LogP contribution in [-0.2, 0) is 29.6 Å². The fourth-order valence-electron chi connectivity index (χ4n) is 4.60. The summed E-state index contributed by atoms with van der Waals surface area (Å²) in [5, 5.41) is 8.21. The Morgan fingerprint density at radius 2 is 1.96 bits per heavy atom. The number of carbonyl (C=O) groups is 2. The van der Waals surface area contributed by atoms with Crippen LogP contribution in [0.2, 0.25) is 0 Å². The Bertz CT molecular complexity index is 677. The molecule has 25 heavy (non-hydrogen) atoms. The highest BCUT2D eigenvalue weighted by Gasteiger charge is 2.40. The molecule has 1 aliphatic carbocycles. The molecule has 0 N–H and O–H groups in total. The minimum Gasteiger partial charge on any atom is -0.339 e. The first-order valence-electron chi connectivity index (χ1n) is 9.48. The third kappa shape index (κ3) is 3.04. The predicted octanol–water partition coefficient (Wildman–Crippen LogP) is 1.13. The maximum absolute atomic E-state index is 12.9. The van der Waals surface area contributed by atoms with Crippen LogP contribution in [0, 0.1) is 11.8 Å². The number of hydrogen-bond donors (Lipinski definition) is 0. The number of hydrogen-bond acceptors (Lipinski definition) is 4. The first-order valence-corrected chi connectivity index (χ1v) is 9.48. The van der Waals surface area contributed by atoms with E-state index in [1.54, 1.807) is 4.68 Å². The maximum Gasteiger partial charge on any atom is 0.228 e. The lowest BCUT2D eigenvalue weighted by Crippen LogP contribution is -2.42. The van der Waals surface area contributed by atoms with Crippen molar-refractivity contribution in [2.45, 2.75) is 58.0 Å². The van der Waals surface area contributed by atoms with Crippen LogP contribution in [0.15, 0.2) is 0 Å². The molecule has 3 aliphatic rings. The van der Waals surface area contributed by atoms with E-state index in [4.69, 9.17) is 0 Å². The summed E-state index contributed by atoms with van der Waals surface area (Å²) in [5.41, 5.74) is 2.01. The van der Waals surface area contributed by atoms with Crippen molar-refractivity contribution in [1.82, 2.24) is 24.8 Å². The third-order valence-electron chi connectivity index (χ3n) is 6.23. The molecule has 0 bridgehead atoms. The predicted molar refractivity (Wildman–Crippen MR) is 91.4 cm³/mol. The number of likely N-dealkylation sites (tertiary alicyclic amines) is 1. The zero-order chi connectivity index (χ0) is 17.6. The molecule has 0 radical (unpaired) electrons. The largest absolute Gasteiger partial charge is 0.339 e. The molecule has 4 rings (SSSR count). The lowest BCUT2D eigenvalue weighted by Gasteiger charge is -2.34. The summed E-state index contributed by atoms with van der Waals surface area (Å²) in [5.74, 6) is 0.845. The Morgan fingerprint density at radius 1 is 1.20 bits per heavy atom. The highest BCUT2D eigenvalue weighted by molar-refractivity contribution is 5.89. The first-order chi connectivity index (χ1) is 12.0. The molecule has 1 atom stereocenters. The summed E-state index contributed by atoms with van der Waals surface area (Å²) < 4.78 is 1.79. The molecule has 2 fully saturated rings. The summed E-state index contributed by atoms with van der Waals surface area (Å²) in [4.78, 5) is 29.3. The van der Waals surface area contributed by atoms with E-state index in [0.717, 1.165) is 36.6 Å². The Labute approximate surface area is 148 Å². The molecule has 0 aromatic carbocycles. The quantitative estimate of drug-likeness (QED) is 0.805. The van der Waals surface area contributed by atoms with Gasteiger partial charge in [-0.15, -0.1) is 5.10 Å². The number of nitrogens with zero attached hydrogens (tertiary/aromatic N) is 5. The highest BCUT2D eigenvalue weighted by atomic mass is 16.2. The molecule has 0 unspecified atom stereocenters. The van der Waals surface area contributed by atoms with Crippen molar-refractivity contribution >= 4 is 11.8 Å². The second-order valence-electron chi connectivity index (χ2n) is 7.98. The van der Waals surface area contributed by atoms with Crippen LogP contribution >= 0.6 is 0 Å². The standard InChI is InChI=1S/C18H27N5O2/c1-12-3-5-14(6-4-12)23-10-13(9-17(23)24)18(25)22-8-7-16-15(11-22)19-20-21(16)2/h12-14H,3-11H2,1-2H3/t12?,13-,14?/m0/s1. The Kier molecular flexibility index (Phi) is 4.25. The van der Waals surface area contributed by atoms with E-state index in [1.807, 2.05) is 16.8 Å². The molecular formula is C18H27N5O2. The third-order valence-corrected chi connectivity index (χ3v) is 6.23. The van der Waals surface area contributed by atoms with Crippen molar-refractivity contribution in [1.29, 1.82) is 0 Å². The zero-order valence-corrected chi connectivity index (χ0v) is 15.1. The fourth-order valence-corrected chi connectivity index (χ4v) is 4.60. The molecule has 1 aromatic heterocycles. The molecule has 2 aliphatic heterocycles. The number of aryl methyl sites for hydroxylation is 1. The minimum atomic E-state index is -0.190. The van der Waals surface area contributed by atoms with Gasteiger partial charge in [-0.1, -0.05) is 12.1 Å².